The van der Waals surface area contributed by atoms with E-state index in [2.05, 4.69) is 25.0 Å². The Hall–Kier alpha value is -7.09. The lowest BCUT2D eigenvalue weighted by atomic mass is 10.1. The number of esters is 1. The maximum atomic E-state index is 14.2. The molecule has 0 aliphatic carbocycles. The number of hydrogen-bond donors (Lipinski definition) is 3. The van der Waals surface area contributed by atoms with Crippen LogP contribution in [0.15, 0.2) is 76.6 Å². The molecule has 0 aliphatic rings. The second-order valence-corrected chi connectivity index (χ2v) is 16.3. The van der Waals surface area contributed by atoms with Gasteiger partial charge in [-0.1, -0.05) is 35.3 Å². The molecule has 28 heteroatoms. The van der Waals surface area contributed by atoms with Crippen molar-refractivity contribution in [2.45, 2.75) is 44.0 Å². The predicted molar refractivity (Wildman–Crippen MR) is 237 cm³/mol. The first-order valence-corrected chi connectivity index (χ1v) is 21.7. The number of nitrogens with zero attached hydrogens (tertiary/aromatic N) is 8. The fourth-order valence-corrected chi connectivity index (χ4v) is 7.38. The molecule has 2 amide bonds. The lowest BCUT2D eigenvalue weighted by molar-refractivity contribution is -0.142. The Kier molecular flexibility index (Phi) is 18.6. The number of aliphatic carboxylic acids is 1. The Morgan fingerprint density at radius 3 is 2.28 bits per heavy atom. The largest absolute Gasteiger partial charge is 0.480 e. The summed E-state index contributed by atoms with van der Waals surface area (Å²) >= 11 is 17.9. The molecule has 0 aliphatic heterocycles. The highest BCUT2D eigenvalue weighted by atomic mass is 35.5. The van der Waals surface area contributed by atoms with E-state index in [0.717, 1.165) is 34.6 Å². The zero-order valence-electron chi connectivity index (χ0n) is 35.9. The summed E-state index contributed by atoms with van der Waals surface area (Å²) < 4.78 is 82.0. The van der Waals surface area contributed by atoms with Gasteiger partial charge in [-0.2, -0.15) is 28.4 Å². The first-order chi connectivity index (χ1) is 32.0. The zero-order chi connectivity index (χ0) is 50.6. The predicted octanol–water partition coefficient (Wildman–Crippen LogP) is 6.02. The molecule has 0 radical (unpaired) electrons. The quantitative estimate of drug-likeness (QED) is 0.0831. The van der Waals surface area contributed by atoms with Gasteiger partial charge in [0.1, 0.15) is 38.9 Å². The Bertz CT molecular complexity index is 3020. The van der Waals surface area contributed by atoms with Crippen LogP contribution in [0.1, 0.15) is 41.0 Å². The van der Waals surface area contributed by atoms with Crippen LogP contribution in [-0.2, 0) is 30.8 Å². The molecule has 68 heavy (non-hydrogen) atoms. The number of alkyl halides is 3. The number of amides is 2. The highest BCUT2D eigenvalue weighted by Gasteiger charge is 2.27. The molecule has 3 aromatic heterocycles. The van der Waals surface area contributed by atoms with Crippen LogP contribution in [-0.4, -0.2) is 110 Å². The number of benzene rings is 3. The van der Waals surface area contributed by atoms with Gasteiger partial charge < -0.3 is 24.4 Å². The van der Waals surface area contributed by atoms with Crippen molar-refractivity contribution in [3.05, 3.63) is 116 Å². The molecule has 6 rings (SSSR count). The summed E-state index contributed by atoms with van der Waals surface area (Å²) in [5.41, 5.74) is -1.27. The monoisotopic (exact) mass is 1030 g/mol. The van der Waals surface area contributed by atoms with Crippen LogP contribution in [0.3, 0.4) is 0 Å². The van der Waals surface area contributed by atoms with Crippen LogP contribution >= 0.6 is 34.8 Å². The summed E-state index contributed by atoms with van der Waals surface area (Å²) in [4.78, 5) is 73.6. The number of fused-ring (bicyclic) bond motifs is 1. The van der Waals surface area contributed by atoms with E-state index >= 15 is 0 Å². The fourth-order valence-electron chi connectivity index (χ4n) is 5.53. The lowest BCUT2D eigenvalue weighted by Crippen LogP contribution is -2.42. The van der Waals surface area contributed by atoms with Gasteiger partial charge >= 0.3 is 42.2 Å². The Morgan fingerprint density at radius 2 is 1.66 bits per heavy atom. The summed E-state index contributed by atoms with van der Waals surface area (Å²) in [6.45, 7) is 0.950. The lowest BCUT2D eigenvalue weighted by Gasteiger charge is -2.17. The standard InChI is InChI=1S/C15H14Cl2F3N3O3.C14H15N5O6S.C11H8ClNO3/c1-3-26-13(24)10(17)4-8-5-12(11(18)6-9(8)16)23-15(25)22(14(19)20)7(2)21-23;1-8-15-12(17-13(16-8)25-3)19(2)14(22)18-26(23,24)10-7-5-4-6-9(10)11(20)21;12-8-3-4-9(16-6-10(14)15)11-7(8)2-1-5-13-11/h5-6,10,14H,3-4H2,1-2H3;4-7H,1-3H3,(H,18,22)(H,20,21);1-5H,6H2,(H,14,15). The van der Waals surface area contributed by atoms with E-state index in [-0.39, 0.29) is 57.5 Å². The van der Waals surface area contributed by atoms with Gasteiger partial charge in [0.05, 0.1) is 24.3 Å². The van der Waals surface area contributed by atoms with Crippen LogP contribution < -0.4 is 24.8 Å². The summed E-state index contributed by atoms with van der Waals surface area (Å²) in [6, 6.07) is 12.6. The van der Waals surface area contributed by atoms with Crippen LogP contribution in [0.25, 0.3) is 16.6 Å². The number of hydrogen-bond acceptors (Lipinski definition) is 15. The molecule has 0 saturated heterocycles. The number of rotatable bonds is 14. The zero-order valence-corrected chi connectivity index (χ0v) is 38.9. The Balaban J connectivity index is 0.000000229. The number of carbonyl (C=O) groups excluding carboxylic acids is 2. The van der Waals surface area contributed by atoms with Crippen LogP contribution in [0.5, 0.6) is 11.8 Å². The van der Waals surface area contributed by atoms with Gasteiger partial charge in [0.15, 0.2) is 12.4 Å². The maximum absolute atomic E-state index is 14.2. The number of sulfonamides is 1. The van der Waals surface area contributed by atoms with Gasteiger partial charge in [-0.15, -0.1) is 16.7 Å². The van der Waals surface area contributed by atoms with Crippen molar-refractivity contribution in [1.29, 1.82) is 0 Å². The van der Waals surface area contributed by atoms with Crippen molar-refractivity contribution in [3.8, 4) is 17.4 Å². The summed E-state index contributed by atoms with van der Waals surface area (Å²) in [5, 5.41) is 21.5. The van der Waals surface area contributed by atoms with Crippen molar-refractivity contribution in [2.75, 3.05) is 32.3 Å². The molecule has 21 nitrogen and oxygen atoms in total. The van der Waals surface area contributed by atoms with E-state index in [9.17, 15) is 45.6 Å². The van der Waals surface area contributed by atoms with Gasteiger partial charge in [0.2, 0.25) is 5.95 Å². The molecule has 362 valence electrons. The first kappa shape index (κ1) is 53.5. The number of ether oxygens (including phenoxy) is 3. The SMILES string of the molecule is CCOC(=O)C(Cl)Cc1cc(-n2nc(C)n(C(F)F)c2=O)c(F)cc1Cl.COc1nc(C)nc(N(C)C(=O)NS(=O)(=O)c2ccccc2C(=O)O)n1.O=C(O)COc1ccc(Cl)c2cccnc12. The number of carboxylic acid groups (broad SMARTS) is 2. The van der Waals surface area contributed by atoms with Crippen molar-refractivity contribution in [3.63, 3.8) is 0 Å². The average Bonchev–Trinajstić information content (AvgIpc) is 3.59. The van der Waals surface area contributed by atoms with Gasteiger partial charge in [-0.25, -0.2) is 41.3 Å². The minimum atomic E-state index is -4.44. The number of nitrogens with one attached hydrogen (secondary N) is 1. The van der Waals surface area contributed by atoms with E-state index in [4.69, 9.17) is 59.2 Å². The fraction of sp³-hybridized carbons (Fsp3) is 0.250. The van der Waals surface area contributed by atoms with Crippen molar-refractivity contribution in [2.24, 2.45) is 0 Å². The molecule has 3 N–H and O–H groups in total. The second-order valence-electron chi connectivity index (χ2n) is 13.3. The van der Waals surface area contributed by atoms with Gasteiger partial charge in [-0.3, -0.25) is 14.7 Å². The Morgan fingerprint density at radius 1 is 0.971 bits per heavy atom. The number of halogens is 6. The molecule has 3 aromatic carbocycles. The molecule has 1 atom stereocenters. The number of aryl methyl sites for hydroxylation is 2. The van der Waals surface area contributed by atoms with E-state index in [1.165, 1.54) is 33.2 Å². The van der Waals surface area contributed by atoms with Crippen LogP contribution in [0.4, 0.5) is 23.9 Å². The number of pyridine rings is 1. The molecule has 0 spiro atoms. The number of aromatic carboxylic acids is 1. The number of urea groups is 1. The second kappa shape index (κ2) is 23.6. The molecular weight excluding hydrogens is 994 g/mol. The number of carbonyl (C=O) groups is 4. The third-order valence-electron chi connectivity index (χ3n) is 8.62. The van der Waals surface area contributed by atoms with Gasteiger partial charge in [0.25, 0.3) is 10.0 Å². The third-order valence-corrected chi connectivity index (χ3v) is 11.0. The van der Waals surface area contributed by atoms with Crippen LogP contribution in [0.2, 0.25) is 10.0 Å². The highest BCUT2D eigenvalue weighted by Crippen LogP contribution is 2.30. The summed E-state index contributed by atoms with van der Waals surface area (Å²) in [6.07, 6.45) is 1.49. The number of aromatic nitrogens is 7. The van der Waals surface area contributed by atoms with E-state index in [0.29, 0.717) is 21.0 Å². The van der Waals surface area contributed by atoms with Crippen molar-refractivity contribution in [1.82, 2.24) is 39.0 Å². The van der Waals surface area contributed by atoms with Crippen LogP contribution in [0, 0.1) is 19.7 Å². The molecular formula is C40H37Cl3F3N9O12S. The molecule has 6 aromatic rings. The normalized spacial score (nSPS) is 11.4. The van der Waals surface area contributed by atoms with Gasteiger partial charge in [0, 0.05) is 30.1 Å². The third kappa shape index (κ3) is 13.5. The number of anilines is 1. The van der Waals surface area contributed by atoms with E-state index < -0.39 is 74.5 Å². The van der Waals surface area contributed by atoms with E-state index in [1.54, 1.807) is 49.0 Å². The maximum Gasteiger partial charge on any atom is 0.355 e. The topological polar surface area (TPSA) is 277 Å². The minimum absolute atomic E-state index is 0.0424. The number of carboxylic acids is 2. The molecule has 0 saturated carbocycles. The van der Waals surface area contributed by atoms with E-state index in [1.807, 2.05) is 0 Å². The summed E-state index contributed by atoms with van der Waals surface area (Å²) in [7, 11) is -1.87. The number of methoxy groups -OCH3 is 1. The molecule has 0 fully saturated rings. The smallest absolute Gasteiger partial charge is 0.355 e. The molecule has 0 bridgehead atoms. The van der Waals surface area contributed by atoms with Gasteiger partial charge in [-0.05, 0) is 74.9 Å². The summed E-state index contributed by atoms with van der Waals surface area (Å²) in [5.74, 6) is -3.86. The highest BCUT2D eigenvalue weighted by molar-refractivity contribution is 7.90. The molecule has 1 unspecified atom stereocenters. The van der Waals surface area contributed by atoms with Crippen molar-refractivity contribution >= 4 is 85.6 Å². The molecule has 3 heterocycles. The Labute approximate surface area is 398 Å². The first-order valence-electron chi connectivity index (χ1n) is 19.0. The van der Waals surface area contributed by atoms with Crippen molar-refractivity contribution < 1.29 is 65.2 Å². The minimum Gasteiger partial charge on any atom is -0.480 e. The average molecular weight is 1030 g/mol.